The Hall–Kier alpha value is -1.10. The molecule has 0 saturated carbocycles. The topological polar surface area (TPSA) is 43.8 Å². The molecule has 2 atom stereocenters. The Balaban J connectivity index is 1.97. The Morgan fingerprint density at radius 3 is 2.73 bits per heavy atom. The predicted octanol–water partition coefficient (Wildman–Crippen LogP) is 2.71. The zero-order chi connectivity index (χ0) is 16.1. The van der Waals surface area contributed by atoms with Crippen molar-refractivity contribution in [3.8, 4) is 0 Å². The molecule has 0 spiro atoms. The maximum Gasteiger partial charge on any atom is 0.237 e. The van der Waals surface area contributed by atoms with Crippen LogP contribution in [0.2, 0.25) is 5.02 Å². The summed E-state index contributed by atoms with van der Waals surface area (Å²) in [4.78, 5) is 16.4. The summed E-state index contributed by atoms with van der Waals surface area (Å²) in [6.45, 7) is 3.41. The third kappa shape index (κ3) is 4.22. The van der Waals surface area contributed by atoms with Crippen LogP contribution in [-0.4, -0.2) is 53.6 Å². The molecule has 1 heterocycles. The number of carbonyl (C=O) groups excluding carboxylic acids is 1. The zero-order valence-corrected chi connectivity index (χ0v) is 14.1. The summed E-state index contributed by atoms with van der Waals surface area (Å²) in [5.41, 5.74) is 1.07. The highest BCUT2D eigenvalue weighted by Crippen LogP contribution is 2.22. The van der Waals surface area contributed by atoms with Crippen LogP contribution in [0.25, 0.3) is 0 Å². The van der Waals surface area contributed by atoms with Crippen molar-refractivity contribution in [3.05, 3.63) is 34.9 Å². The summed E-state index contributed by atoms with van der Waals surface area (Å²) in [7, 11) is 1.83. The first kappa shape index (κ1) is 17.3. The van der Waals surface area contributed by atoms with Crippen molar-refractivity contribution in [1.29, 1.82) is 0 Å². The Kier molecular flexibility index (Phi) is 6.24. The van der Waals surface area contributed by atoms with E-state index in [1.807, 2.05) is 38.2 Å². The van der Waals surface area contributed by atoms with E-state index in [1.165, 1.54) is 0 Å². The van der Waals surface area contributed by atoms with E-state index in [0.717, 1.165) is 31.4 Å². The van der Waals surface area contributed by atoms with Crippen molar-refractivity contribution in [2.45, 2.75) is 38.3 Å². The lowest BCUT2D eigenvalue weighted by Crippen LogP contribution is -2.47. The second-order valence-corrected chi connectivity index (χ2v) is 6.47. The van der Waals surface area contributed by atoms with Gasteiger partial charge >= 0.3 is 0 Å². The van der Waals surface area contributed by atoms with Crippen LogP contribution >= 0.6 is 11.6 Å². The van der Waals surface area contributed by atoms with E-state index in [4.69, 9.17) is 11.6 Å². The molecule has 22 heavy (non-hydrogen) atoms. The lowest BCUT2D eigenvalue weighted by atomic mass is 10.0. The van der Waals surface area contributed by atoms with Gasteiger partial charge in [-0.25, -0.2) is 0 Å². The minimum atomic E-state index is 0.00198. The van der Waals surface area contributed by atoms with Gasteiger partial charge < -0.3 is 10.0 Å². The number of amides is 1. The third-order valence-electron chi connectivity index (χ3n) is 4.62. The molecule has 1 fully saturated rings. The second-order valence-electron chi connectivity index (χ2n) is 6.03. The largest absolute Gasteiger partial charge is 0.395 e. The summed E-state index contributed by atoms with van der Waals surface area (Å²) in [5, 5.41) is 10.1. The fourth-order valence-corrected chi connectivity index (χ4v) is 3.07. The summed E-state index contributed by atoms with van der Waals surface area (Å²) in [6.07, 6.45) is 3.20. The van der Waals surface area contributed by atoms with Gasteiger partial charge in [0.2, 0.25) is 5.91 Å². The van der Waals surface area contributed by atoms with Crippen LogP contribution in [-0.2, 0) is 4.79 Å². The maximum absolute atomic E-state index is 12.5. The Morgan fingerprint density at radius 2 is 2.09 bits per heavy atom. The van der Waals surface area contributed by atoms with Gasteiger partial charge in [0.25, 0.3) is 0 Å². The van der Waals surface area contributed by atoms with E-state index in [2.05, 4.69) is 4.90 Å². The lowest BCUT2D eigenvalue weighted by molar-refractivity contribution is -0.134. The Bertz CT molecular complexity index is 492. The van der Waals surface area contributed by atoms with Gasteiger partial charge in [0.1, 0.15) is 0 Å². The monoisotopic (exact) mass is 324 g/mol. The number of nitrogens with zero attached hydrogens (tertiary/aromatic N) is 2. The standard InChI is InChI=1S/C17H25ClN2O2/c1-13(14-6-8-15(18)9-7-14)19(2)17(22)11-20-10-4-3-5-16(20)12-21/h6-9,13,16,21H,3-5,10-12H2,1-2H3. The lowest BCUT2D eigenvalue weighted by Gasteiger charge is -2.36. The van der Waals surface area contributed by atoms with Crippen LogP contribution in [0.5, 0.6) is 0 Å². The van der Waals surface area contributed by atoms with Gasteiger partial charge in [-0.1, -0.05) is 30.2 Å². The summed E-state index contributed by atoms with van der Waals surface area (Å²) in [6, 6.07) is 7.72. The first-order valence-corrected chi connectivity index (χ1v) is 8.26. The predicted molar refractivity (Wildman–Crippen MR) is 88.9 cm³/mol. The van der Waals surface area contributed by atoms with Crippen molar-refractivity contribution in [2.75, 3.05) is 26.7 Å². The highest BCUT2D eigenvalue weighted by molar-refractivity contribution is 6.30. The van der Waals surface area contributed by atoms with Crippen LogP contribution in [0.3, 0.4) is 0 Å². The number of likely N-dealkylation sites (N-methyl/N-ethyl adjacent to an activating group) is 1. The molecule has 0 aromatic heterocycles. The number of aliphatic hydroxyl groups excluding tert-OH is 1. The van der Waals surface area contributed by atoms with Gasteiger partial charge in [0, 0.05) is 18.1 Å². The summed E-state index contributed by atoms with van der Waals surface area (Å²) < 4.78 is 0. The summed E-state index contributed by atoms with van der Waals surface area (Å²) >= 11 is 5.91. The zero-order valence-electron chi connectivity index (χ0n) is 13.3. The number of hydrogen-bond acceptors (Lipinski definition) is 3. The molecule has 1 aromatic carbocycles. The average molecular weight is 325 g/mol. The van der Waals surface area contributed by atoms with Gasteiger partial charge in [-0.05, 0) is 44.0 Å². The molecule has 5 heteroatoms. The van der Waals surface area contributed by atoms with Gasteiger partial charge in [0.05, 0.1) is 19.2 Å². The van der Waals surface area contributed by atoms with Crippen molar-refractivity contribution in [2.24, 2.45) is 0 Å². The normalized spacial score (nSPS) is 20.6. The Labute approximate surface area is 137 Å². The number of hydrogen-bond donors (Lipinski definition) is 1. The number of halogens is 1. The van der Waals surface area contributed by atoms with Crippen LogP contribution in [0, 0.1) is 0 Å². The number of benzene rings is 1. The molecule has 1 amide bonds. The molecule has 0 radical (unpaired) electrons. The van der Waals surface area contributed by atoms with Crippen LogP contribution in [0.15, 0.2) is 24.3 Å². The average Bonchev–Trinajstić information content (AvgIpc) is 2.54. The fraction of sp³-hybridized carbons (Fsp3) is 0.588. The molecule has 1 aromatic rings. The molecule has 122 valence electrons. The van der Waals surface area contributed by atoms with Crippen LogP contribution in [0.1, 0.15) is 37.8 Å². The quantitative estimate of drug-likeness (QED) is 0.905. The number of piperidine rings is 1. The highest BCUT2D eigenvalue weighted by atomic mass is 35.5. The van der Waals surface area contributed by atoms with E-state index in [-0.39, 0.29) is 24.6 Å². The maximum atomic E-state index is 12.5. The van der Waals surface area contributed by atoms with E-state index < -0.39 is 0 Å². The minimum Gasteiger partial charge on any atom is -0.395 e. The van der Waals surface area contributed by atoms with Gasteiger partial charge in [-0.15, -0.1) is 0 Å². The first-order chi connectivity index (χ1) is 10.5. The third-order valence-corrected chi connectivity index (χ3v) is 4.88. The SMILES string of the molecule is CC(c1ccc(Cl)cc1)N(C)C(=O)CN1CCCCC1CO. The molecule has 1 aliphatic rings. The smallest absolute Gasteiger partial charge is 0.237 e. The van der Waals surface area contributed by atoms with Crippen molar-refractivity contribution >= 4 is 17.5 Å². The van der Waals surface area contributed by atoms with E-state index >= 15 is 0 Å². The Morgan fingerprint density at radius 1 is 1.41 bits per heavy atom. The number of rotatable bonds is 5. The van der Waals surface area contributed by atoms with Crippen molar-refractivity contribution in [1.82, 2.24) is 9.80 Å². The van der Waals surface area contributed by atoms with E-state index in [0.29, 0.717) is 11.6 Å². The highest BCUT2D eigenvalue weighted by Gasteiger charge is 2.26. The summed E-state index contributed by atoms with van der Waals surface area (Å²) in [5.74, 6) is 0.0859. The molecule has 1 N–H and O–H groups in total. The van der Waals surface area contributed by atoms with Crippen molar-refractivity contribution < 1.29 is 9.90 Å². The minimum absolute atomic E-state index is 0.00198. The van der Waals surface area contributed by atoms with Crippen LogP contribution < -0.4 is 0 Å². The van der Waals surface area contributed by atoms with Gasteiger partial charge in [-0.2, -0.15) is 0 Å². The molecule has 1 aliphatic heterocycles. The number of carbonyl (C=O) groups is 1. The van der Waals surface area contributed by atoms with Crippen LogP contribution in [0.4, 0.5) is 0 Å². The van der Waals surface area contributed by atoms with E-state index in [9.17, 15) is 9.90 Å². The molecular formula is C17H25ClN2O2. The number of aliphatic hydroxyl groups is 1. The molecule has 0 bridgehead atoms. The van der Waals surface area contributed by atoms with Crippen molar-refractivity contribution in [3.63, 3.8) is 0 Å². The van der Waals surface area contributed by atoms with Gasteiger partial charge in [0.15, 0.2) is 0 Å². The molecule has 2 unspecified atom stereocenters. The fourth-order valence-electron chi connectivity index (χ4n) is 2.94. The molecule has 0 aliphatic carbocycles. The molecule has 2 rings (SSSR count). The molecular weight excluding hydrogens is 300 g/mol. The second kappa shape index (κ2) is 7.95. The van der Waals surface area contributed by atoms with Gasteiger partial charge in [-0.3, -0.25) is 9.69 Å². The van der Waals surface area contributed by atoms with E-state index in [1.54, 1.807) is 4.90 Å². The first-order valence-electron chi connectivity index (χ1n) is 7.89. The molecule has 4 nitrogen and oxygen atoms in total. The number of likely N-dealkylation sites (tertiary alicyclic amines) is 1. The molecule has 1 saturated heterocycles.